The normalized spacial score (nSPS) is 10.3. The second kappa shape index (κ2) is 9.00. The zero-order valence-electron chi connectivity index (χ0n) is 12.8. The molecule has 0 fully saturated rings. The summed E-state index contributed by atoms with van der Waals surface area (Å²) in [6.07, 6.45) is 1.33. The molecule has 0 aliphatic heterocycles. The van der Waals surface area contributed by atoms with Gasteiger partial charge in [0.2, 0.25) is 0 Å². The number of amides is 1. The molecule has 0 saturated heterocycles. The van der Waals surface area contributed by atoms with Gasteiger partial charge in [0.15, 0.2) is 0 Å². The Kier molecular flexibility index (Phi) is 7.29. The average Bonchev–Trinajstić information content (AvgIpc) is 2.45. The van der Waals surface area contributed by atoms with Crippen molar-refractivity contribution in [2.45, 2.75) is 33.6 Å². The highest BCUT2D eigenvalue weighted by molar-refractivity contribution is 5.91. The molecule has 5 nitrogen and oxygen atoms in total. The number of hydrogen-bond acceptors (Lipinski definition) is 4. The van der Waals surface area contributed by atoms with Crippen LogP contribution in [0.1, 0.15) is 44.0 Å². The van der Waals surface area contributed by atoms with E-state index < -0.39 is 6.09 Å². The summed E-state index contributed by atoms with van der Waals surface area (Å²) in [5, 5.41) is 2.60. The van der Waals surface area contributed by atoms with Crippen LogP contribution >= 0.6 is 0 Å². The van der Waals surface area contributed by atoms with Crippen LogP contribution in [-0.2, 0) is 9.47 Å². The summed E-state index contributed by atoms with van der Waals surface area (Å²) in [7, 11) is 0. The van der Waals surface area contributed by atoms with Gasteiger partial charge in [0, 0.05) is 5.69 Å². The predicted octanol–water partition coefficient (Wildman–Crippen LogP) is 3.85. The van der Waals surface area contributed by atoms with Crippen molar-refractivity contribution < 1.29 is 19.1 Å². The van der Waals surface area contributed by atoms with E-state index in [1.165, 1.54) is 0 Å². The van der Waals surface area contributed by atoms with Crippen LogP contribution in [0.15, 0.2) is 24.3 Å². The maximum atomic E-state index is 11.7. The molecule has 0 atom stereocenters. The highest BCUT2D eigenvalue weighted by Crippen LogP contribution is 2.11. The van der Waals surface area contributed by atoms with E-state index in [4.69, 9.17) is 9.47 Å². The lowest BCUT2D eigenvalue weighted by atomic mass is 10.2. The van der Waals surface area contributed by atoms with Gasteiger partial charge in [0.1, 0.15) is 0 Å². The number of carbonyl (C=O) groups is 2. The topological polar surface area (TPSA) is 64.6 Å². The molecular weight excluding hydrogens is 270 g/mol. The van der Waals surface area contributed by atoms with Gasteiger partial charge in [0.05, 0.1) is 18.8 Å². The Morgan fingerprint density at radius 2 is 1.81 bits per heavy atom. The molecule has 0 aliphatic rings. The minimum Gasteiger partial charge on any atom is -0.462 e. The average molecular weight is 293 g/mol. The van der Waals surface area contributed by atoms with Gasteiger partial charge in [-0.2, -0.15) is 0 Å². The van der Waals surface area contributed by atoms with Gasteiger partial charge in [0.25, 0.3) is 0 Å². The fourth-order valence-electron chi connectivity index (χ4n) is 1.48. The first-order valence-electron chi connectivity index (χ1n) is 7.24. The van der Waals surface area contributed by atoms with E-state index >= 15 is 0 Å². The maximum absolute atomic E-state index is 11.7. The molecule has 0 radical (unpaired) electrons. The van der Waals surface area contributed by atoms with E-state index in [-0.39, 0.29) is 5.97 Å². The molecule has 1 rings (SSSR count). The number of carbonyl (C=O) groups excluding carboxylic acids is 2. The Hall–Kier alpha value is -2.04. The highest BCUT2D eigenvalue weighted by atomic mass is 16.5. The molecular formula is C16H23NO4. The second-order valence-electron chi connectivity index (χ2n) is 5.18. The van der Waals surface area contributed by atoms with E-state index in [1.54, 1.807) is 24.3 Å². The Balaban J connectivity index is 2.46. The van der Waals surface area contributed by atoms with Crippen LogP contribution in [0.25, 0.3) is 0 Å². The number of rotatable bonds is 7. The Bertz CT molecular complexity index is 454. The number of nitrogens with one attached hydrogen (secondary N) is 1. The van der Waals surface area contributed by atoms with Crippen LogP contribution in [0.5, 0.6) is 0 Å². The number of ether oxygens (including phenoxy) is 2. The molecule has 1 amide bonds. The fraction of sp³-hybridized carbons (Fsp3) is 0.500. The standard InChI is InChI=1S/C16H23NO4/c1-4-5-10-20-16(19)17-14-8-6-13(7-9-14)15(18)21-11-12(2)3/h6-9,12H,4-5,10-11H2,1-3H3,(H,17,19). The Labute approximate surface area is 125 Å². The summed E-state index contributed by atoms with van der Waals surface area (Å²) in [5.41, 5.74) is 1.04. The Morgan fingerprint density at radius 1 is 1.14 bits per heavy atom. The molecule has 0 bridgehead atoms. The highest BCUT2D eigenvalue weighted by Gasteiger charge is 2.09. The monoisotopic (exact) mass is 293 g/mol. The molecule has 0 saturated carbocycles. The molecule has 0 aromatic heterocycles. The van der Waals surface area contributed by atoms with E-state index in [2.05, 4.69) is 5.32 Å². The van der Waals surface area contributed by atoms with Gasteiger partial charge < -0.3 is 9.47 Å². The zero-order valence-corrected chi connectivity index (χ0v) is 12.8. The number of anilines is 1. The summed E-state index contributed by atoms with van der Waals surface area (Å²) in [6.45, 7) is 6.78. The zero-order chi connectivity index (χ0) is 15.7. The van der Waals surface area contributed by atoms with Crippen LogP contribution in [-0.4, -0.2) is 25.3 Å². The Morgan fingerprint density at radius 3 is 2.38 bits per heavy atom. The molecule has 1 aromatic rings. The van der Waals surface area contributed by atoms with Crippen LogP contribution in [0.3, 0.4) is 0 Å². The summed E-state index contributed by atoms with van der Waals surface area (Å²) < 4.78 is 10.1. The van der Waals surface area contributed by atoms with Crippen molar-refractivity contribution in [3.05, 3.63) is 29.8 Å². The molecule has 5 heteroatoms. The molecule has 21 heavy (non-hydrogen) atoms. The largest absolute Gasteiger partial charge is 0.462 e. The van der Waals surface area contributed by atoms with Gasteiger partial charge in [-0.25, -0.2) is 9.59 Å². The number of unbranched alkanes of at least 4 members (excludes halogenated alkanes) is 1. The summed E-state index contributed by atoms with van der Waals surface area (Å²) >= 11 is 0. The fourth-order valence-corrected chi connectivity index (χ4v) is 1.48. The lowest BCUT2D eigenvalue weighted by molar-refractivity contribution is 0.0459. The van der Waals surface area contributed by atoms with Gasteiger partial charge >= 0.3 is 12.1 Å². The smallest absolute Gasteiger partial charge is 0.411 e. The third-order valence-corrected chi connectivity index (χ3v) is 2.65. The van der Waals surface area contributed by atoms with Crippen LogP contribution in [0.4, 0.5) is 10.5 Å². The maximum Gasteiger partial charge on any atom is 0.411 e. The van der Waals surface area contributed by atoms with Gasteiger partial charge in [-0.05, 0) is 36.6 Å². The van der Waals surface area contributed by atoms with Crippen molar-refractivity contribution in [1.82, 2.24) is 0 Å². The quantitative estimate of drug-likeness (QED) is 0.612. The first-order valence-corrected chi connectivity index (χ1v) is 7.24. The third kappa shape index (κ3) is 6.79. The van der Waals surface area contributed by atoms with Crippen LogP contribution in [0.2, 0.25) is 0 Å². The van der Waals surface area contributed by atoms with E-state index in [9.17, 15) is 9.59 Å². The van der Waals surface area contributed by atoms with Crippen molar-refractivity contribution in [3.63, 3.8) is 0 Å². The molecule has 0 unspecified atom stereocenters. The van der Waals surface area contributed by atoms with Crippen molar-refractivity contribution >= 4 is 17.7 Å². The molecule has 1 N–H and O–H groups in total. The lowest BCUT2D eigenvalue weighted by Gasteiger charge is -2.09. The van der Waals surface area contributed by atoms with Gasteiger partial charge in [-0.1, -0.05) is 27.2 Å². The molecule has 0 aliphatic carbocycles. The van der Waals surface area contributed by atoms with Gasteiger partial charge in [-0.3, -0.25) is 5.32 Å². The van der Waals surface area contributed by atoms with Crippen molar-refractivity contribution in [1.29, 1.82) is 0 Å². The molecule has 116 valence electrons. The van der Waals surface area contributed by atoms with E-state index in [0.29, 0.717) is 30.4 Å². The van der Waals surface area contributed by atoms with E-state index in [1.807, 2.05) is 20.8 Å². The minimum absolute atomic E-state index is 0.299. The second-order valence-corrected chi connectivity index (χ2v) is 5.18. The van der Waals surface area contributed by atoms with Gasteiger partial charge in [-0.15, -0.1) is 0 Å². The van der Waals surface area contributed by atoms with E-state index in [0.717, 1.165) is 12.8 Å². The van der Waals surface area contributed by atoms with Crippen molar-refractivity contribution in [2.75, 3.05) is 18.5 Å². The number of esters is 1. The number of hydrogen-bond donors (Lipinski definition) is 1. The number of benzene rings is 1. The molecule has 1 aromatic carbocycles. The predicted molar refractivity (Wildman–Crippen MR) is 81.4 cm³/mol. The SMILES string of the molecule is CCCCOC(=O)Nc1ccc(C(=O)OCC(C)C)cc1. The minimum atomic E-state index is -0.487. The van der Waals surface area contributed by atoms with Crippen LogP contribution in [0, 0.1) is 5.92 Å². The van der Waals surface area contributed by atoms with Crippen LogP contribution < -0.4 is 5.32 Å². The molecule has 0 heterocycles. The first-order chi connectivity index (χ1) is 10.0. The van der Waals surface area contributed by atoms with Crippen molar-refractivity contribution in [3.8, 4) is 0 Å². The third-order valence-electron chi connectivity index (χ3n) is 2.65. The lowest BCUT2D eigenvalue weighted by Crippen LogP contribution is -2.14. The van der Waals surface area contributed by atoms with Crippen molar-refractivity contribution in [2.24, 2.45) is 5.92 Å². The summed E-state index contributed by atoms with van der Waals surface area (Å²) in [4.78, 5) is 23.2. The summed E-state index contributed by atoms with van der Waals surface area (Å²) in [6, 6.07) is 6.52. The first kappa shape index (κ1) is 17.0. The molecule has 0 spiro atoms. The summed E-state index contributed by atoms with van der Waals surface area (Å²) in [5.74, 6) is -0.0615.